The van der Waals surface area contributed by atoms with Crippen LogP contribution in [0.5, 0.6) is 0 Å². The standard InChI is InChI=1S/C22H26N2/c1-16(24-20-6-3-2-4-7-20)17-9-13-19(14-10-17)22-21(18-11-12-18)8-5-15-23-22/h5,8-10,13-15,18,20,24H,1-4,6-7,11-12H2. The molecule has 1 N–H and O–H groups in total. The Morgan fingerprint density at radius 3 is 2.42 bits per heavy atom. The zero-order valence-corrected chi connectivity index (χ0v) is 14.3. The van der Waals surface area contributed by atoms with E-state index in [9.17, 15) is 0 Å². The van der Waals surface area contributed by atoms with Crippen molar-refractivity contribution >= 4 is 5.70 Å². The largest absolute Gasteiger partial charge is 0.382 e. The molecule has 0 saturated heterocycles. The van der Waals surface area contributed by atoms with E-state index in [-0.39, 0.29) is 0 Å². The Labute approximate surface area is 145 Å². The number of hydrogen-bond donors (Lipinski definition) is 1. The molecule has 0 spiro atoms. The molecule has 2 nitrogen and oxygen atoms in total. The van der Waals surface area contributed by atoms with Crippen molar-refractivity contribution in [3.05, 3.63) is 60.3 Å². The van der Waals surface area contributed by atoms with Crippen molar-refractivity contribution in [1.82, 2.24) is 10.3 Å². The van der Waals surface area contributed by atoms with Gasteiger partial charge in [0, 0.05) is 23.5 Å². The fourth-order valence-corrected chi connectivity index (χ4v) is 3.79. The van der Waals surface area contributed by atoms with E-state index in [0.717, 1.165) is 17.3 Å². The third-order valence-electron chi connectivity index (χ3n) is 5.35. The van der Waals surface area contributed by atoms with Gasteiger partial charge in [0.25, 0.3) is 0 Å². The number of nitrogens with one attached hydrogen (secondary N) is 1. The molecule has 0 aliphatic heterocycles. The molecule has 0 bridgehead atoms. The number of rotatable bonds is 5. The molecule has 0 amide bonds. The second-order valence-corrected chi connectivity index (χ2v) is 7.25. The molecule has 0 unspecified atom stereocenters. The predicted molar refractivity (Wildman–Crippen MR) is 101 cm³/mol. The maximum atomic E-state index is 4.64. The molecule has 0 radical (unpaired) electrons. The van der Waals surface area contributed by atoms with Crippen LogP contribution in [0.25, 0.3) is 17.0 Å². The Kier molecular flexibility index (Phi) is 4.38. The smallest absolute Gasteiger partial charge is 0.0736 e. The van der Waals surface area contributed by atoms with Crippen LogP contribution in [-0.2, 0) is 0 Å². The fraction of sp³-hybridized carbons (Fsp3) is 0.409. The van der Waals surface area contributed by atoms with Crippen LogP contribution >= 0.6 is 0 Å². The van der Waals surface area contributed by atoms with E-state index < -0.39 is 0 Å². The Hall–Kier alpha value is -2.09. The average Bonchev–Trinajstić information content (AvgIpc) is 3.48. The molecule has 2 aliphatic carbocycles. The van der Waals surface area contributed by atoms with Crippen molar-refractivity contribution in [1.29, 1.82) is 0 Å². The van der Waals surface area contributed by atoms with Gasteiger partial charge in [-0.1, -0.05) is 56.2 Å². The maximum absolute atomic E-state index is 4.64. The molecule has 4 rings (SSSR count). The van der Waals surface area contributed by atoms with Crippen molar-refractivity contribution < 1.29 is 0 Å². The molecule has 0 atom stereocenters. The molecule has 1 aromatic heterocycles. The Balaban J connectivity index is 1.49. The Morgan fingerprint density at radius 2 is 1.71 bits per heavy atom. The zero-order valence-electron chi connectivity index (χ0n) is 14.3. The van der Waals surface area contributed by atoms with Crippen LogP contribution in [0.4, 0.5) is 0 Å². The summed E-state index contributed by atoms with van der Waals surface area (Å²) < 4.78 is 0. The summed E-state index contributed by atoms with van der Waals surface area (Å²) in [6, 6.07) is 13.6. The van der Waals surface area contributed by atoms with E-state index in [1.807, 2.05) is 6.20 Å². The highest BCUT2D eigenvalue weighted by Crippen LogP contribution is 2.43. The minimum Gasteiger partial charge on any atom is -0.382 e. The van der Waals surface area contributed by atoms with Gasteiger partial charge in [-0.15, -0.1) is 0 Å². The number of benzene rings is 1. The first kappa shape index (κ1) is 15.4. The summed E-state index contributed by atoms with van der Waals surface area (Å²) in [6.07, 6.45) is 11.1. The average molecular weight is 318 g/mol. The number of aromatic nitrogens is 1. The van der Waals surface area contributed by atoms with Crippen LogP contribution in [0, 0.1) is 0 Å². The normalized spacial score (nSPS) is 18.3. The predicted octanol–water partition coefficient (Wildman–Crippen LogP) is 5.52. The van der Waals surface area contributed by atoms with Crippen LogP contribution in [0.15, 0.2) is 49.2 Å². The summed E-state index contributed by atoms with van der Waals surface area (Å²) >= 11 is 0. The van der Waals surface area contributed by atoms with Gasteiger partial charge >= 0.3 is 0 Å². The van der Waals surface area contributed by atoms with Crippen LogP contribution < -0.4 is 5.32 Å². The van der Waals surface area contributed by atoms with Crippen molar-refractivity contribution in [2.45, 2.75) is 56.9 Å². The quantitative estimate of drug-likeness (QED) is 0.785. The maximum Gasteiger partial charge on any atom is 0.0736 e. The molecule has 1 heterocycles. The molecular formula is C22H26N2. The minimum atomic E-state index is 0.600. The summed E-state index contributed by atoms with van der Waals surface area (Å²) in [5.74, 6) is 0.719. The lowest BCUT2D eigenvalue weighted by atomic mass is 9.95. The van der Waals surface area contributed by atoms with E-state index in [4.69, 9.17) is 0 Å². The molecule has 2 fully saturated rings. The fourth-order valence-electron chi connectivity index (χ4n) is 3.79. The lowest BCUT2D eigenvalue weighted by Gasteiger charge is -2.25. The first-order valence-corrected chi connectivity index (χ1v) is 9.32. The molecule has 1 aromatic carbocycles. The number of hydrogen-bond acceptors (Lipinski definition) is 2. The second kappa shape index (κ2) is 6.80. The van der Waals surface area contributed by atoms with Gasteiger partial charge in [-0.05, 0) is 48.8 Å². The summed E-state index contributed by atoms with van der Waals surface area (Å²) in [5, 5.41) is 3.62. The van der Waals surface area contributed by atoms with Gasteiger partial charge in [0.05, 0.1) is 5.69 Å². The first-order chi connectivity index (χ1) is 11.8. The second-order valence-electron chi connectivity index (χ2n) is 7.25. The lowest BCUT2D eigenvalue weighted by Crippen LogP contribution is -2.29. The van der Waals surface area contributed by atoms with Gasteiger partial charge < -0.3 is 5.32 Å². The van der Waals surface area contributed by atoms with E-state index in [1.165, 1.54) is 61.6 Å². The highest BCUT2D eigenvalue weighted by molar-refractivity contribution is 5.69. The van der Waals surface area contributed by atoms with Gasteiger partial charge in [-0.3, -0.25) is 4.98 Å². The van der Waals surface area contributed by atoms with Crippen molar-refractivity contribution in [2.75, 3.05) is 0 Å². The summed E-state index contributed by atoms with van der Waals surface area (Å²) in [7, 11) is 0. The summed E-state index contributed by atoms with van der Waals surface area (Å²) in [6.45, 7) is 4.25. The van der Waals surface area contributed by atoms with Crippen LogP contribution in [0.3, 0.4) is 0 Å². The van der Waals surface area contributed by atoms with Crippen LogP contribution in [-0.4, -0.2) is 11.0 Å². The highest BCUT2D eigenvalue weighted by Gasteiger charge is 2.26. The number of pyridine rings is 1. The Morgan fingerprint density at radius 1 is 0.958 bits per heavy atom. The molecule has 2 aliphatic rings. The highest BCUT2D eigenvalue weighted by atomic mass is 14.9. The lowest BCUT2D eigenvalue weighted by molar-refractivity contribution is 0.409. The van der Waals surface area contributed by atoms with E-state index in [0.29, 0.717) is 6.04 Å². The van der Waals surface area contributed by atoms with Crippen molar-refractivity contribution in [3.63, 3.8) is 0 Å². The van der Waals surface area contributed by atoms with Gasteiger partial charge in [0.2, 0.25) is 0 Å². The van der Waals surface area contributed by atoms with Crippen LogP contribution in [0.2, 0.25) is 0 Å². The van der Waals surface area contributed by atoms with E-state index in [2.05, 4.69) is 53.3 Å². The van der Waals surface area contributed by atoms with E-state index in [1.54, 1.807) is 0 Å². The molecule has 2 aromatic rings. The molecule has 124 valence electrons. The van der Waals surface area contributed by atoms with Gasteiger partial charge in [0.1, 0.15) is 0 Å². The van der Waals surface area contributed by atoms with Gasteiger partial charge in [-0.25, -0.2) is 0 Å². The molecular weight excluding hydrogens is 292 g/mol. The minimum absolute atomic E-state index is 0.600. The zero-order chi connectivity index (χ0) is 16.4. The van der Waals surface area contributed by atoms with Crippen LogP contribution in [0.1, 0.15) is 62.0 Å². The topological polar surface area (TPSA) is 24.9 Å². The van der Waals surface area contributed by atoms with E-state index >= 15 is 0 Å². The number of nitrogens with zero attached hydrogens (tertiary/aromatic N) is 1. The first-order valence-electron chi connectivity index (χ1n) is 9.32. The molecule has 2 saturated carbocycles. The van der Waals surface area contributed by atoms with Crippen molar-refractivity contribution in [3.8, 4) is 11.3 Å². The third-order valence-corrected chi connectivity index (χ3v) is 5.35. The summed E-state index contributed by atoms with van der Waals surface area (Å²) in [4.78, 5) is 4.64. The molecule has 2 heteroatoms. The monoisotopic (exact) mass is 318 g/mol. The van der Waals surface area contributed by atoms with Gasteiger partial charge in [-0.2, -0.15) is 0 Å². The molecule has 24 heavy (non-hydrogen) atoms. The third kappa shape index (κ3) is 3.38. The van der Waals surface area contributed by atoms with Crippen molar-refractivity contribution in [2.24, 2.45) is 0 Å². The SMILES string of the molecule is C=C(NC1CCCCC1)c1ccc(-c2ncccc2C2CC2)cc1. The van der Waals surface area contributed by atoms with Gasteiger partial charge in [0.15, 0.2) is 0 Å². The Bertz CT molecular complexity index is 707. The summed E-state index contributed by atoms with van der Waals surface area (Å²) in [5.41, 5.74) is 6.01.